The monoisotopic (exact) mass is 304 g/mol. The molecule has 3 fully saturated rings. The molecule has 0 aromatic carbocycles. The van der Waals surface area contributed by atoms with Gasteiger partial charge in [-0.1, -0.05) is 32.4 Å². The Morgan fingerprint density at radius 2 is 1.91 bits per heavy atom. The topological polar surface area (TPSA) is 17.1 Å². The number of carbonyl (C=O) groups is 1. The first-order chi connectivity index (χ1) is 10.4. The maximum Gasteiger partial charge on any atom is 0.167 e. The van der Waals surface area contributed by atoms with Gasteiger partial charge in [0.15, 0.2) is 12.0 Å². The number of hydrogen-bond acceptors (Lipinski definition) is 1. The molecule has 0 radical (unpaired) electrons. The number of carbonyl (C=O) groups excluding carboxylic acids is 1. The predicted molar refractivity (Wildman–Crippen MR) is 86.2 cm³/mol. The third kappa shape index (κ3) is 1.79. The van der Waals surface area contributed by atoms with Crippen LogP contribution in [-0.2, 0) is 4.79 Å². The molecule has 2 heteroatoms. The average Bonchev–Trinajstić information content (AvgIpc) is 2.72. The van der Waals surface area contributed by atoms with E-state index in [1.807, 2.05) is 6.92 Å². The molecule has 4 aliphatic rings. The van der Waals surface area contributed by atoms with Crippen LogP contribution in [0, 0.1) is 34.5 Å². The Hall–Kier alpha value is -0.660. The fourth-order valence-corrected chi connectivity index (χ4v) is 6.58. The zero-order chi connectivity index (χ0) is 15.7. The third-order valence-corrected chi connectivity index (χ3v) is 8.07. The molecule has 0 aromatic heterocycles. The number of Topliss-reactive ketones (excluding diaryl/α,β-unsaturated/α-hetero) is 1. The van der Waals surface area contributed by atoms with Gasteiger partial charge in [-0.2, -0.15) is 0 Å². The van der Waals surface area contributed by atoms with E-state index in [2.05, 4.69) is 19.9 Å². The standard InChI is InChI=1S/C20H29FO/c1-12-6-8-19(2)13(10-12)4-5-14-15(19)7-9-20(3)16(14)11-17(22)18(20)21/h4,12,14-16,18H,5-11H2,1-3H3/t12?,14-,15-,16+,18?,19+,20+/m1/s1. The van der Waals surface area contributed by atoms with Gasteiger partial charge in [0, 0.05) is 11.8 Å². The molecule has 0 N–H and O–H groups in total. The minimum Gasteiger partial charge on any atom is -0.296 e. The van der Waals surface area contributed by atoms with Gasteiger partial charge >= 0.3 is 0 Å². The highest BCUT2D eigenvalue weighted by atomic mass is 19.1. The van der Waals surface area contributed by atoms with E-state index < -0.39 is 6.17 Å². The molecule has 1 nitrogen and oxygen atoms in total. The van der Waals surface area contributed by atoms with Crippen LogP contribution in [0.15, 0.2) is 11.6 Å². The van der Waals surface area contributed by atoms with Gasteiger partial charge in [0.05, 0.1) is 0 Å². The van der Waals surface area contributed by atoms with Gasteiger partial charge in [-0.15, -0.1) is 0 Å². The SMILES string of the molecule is CC1CC[C@@]2(C)C(=CC[C@@H]3[C@H]2CC[C@]2(C)C(F)C(=O)C[C@@H]32)C1. The van der Waals surface area contributed by atoms with Crippen LogP contribution >= 0.6 is 0 Å². The van der Waals surface area contributed by atoms with E-state index in [0.29, 0.717) is 23.7 Å². The van der Waals surface area contributed by atoms with Gasteiger partial charge in [0.2, 0.25) is 0 Å². The normalized spacial score (nSPS) is 54.3. The summed E-state index contributed by atoms with van der Waals surface area (Å²) in [6, 6.07) is 0. The molecule has 2 unspecified atom stereocenters. The number of halogens is 1. The quantitative estimate of drug-likeness (QED) is 0.569. The summed E-state index contributed by atoms with van der Waals surface area (Å²) in [5.41, 5.74) is 1.63. The molecule has 7 atom stereocenters. The summed E-state index contributed by atoms with van der Waals surface area (Å²) < 4.78 is 14.5. The van der Waals surface area contributed by atoms with Crippen LogP contribution in [0.1, 0.15) is 65.7 Å². The first kappa shape index (κ1) is 14.9. The minimum absolute atomic E-state index is 0.120. The van der Waals surface area contributed by atoms with Crippen molar-refractivity contribution in [1.82, 2.24) is 0 Å². The molecule has 0 aliphatic heterocycles. The van der Waals surface area contributed by atoms with E-state index in [1.54, 1.807) is 5.57 Å². The summed E-state index contributed by atoms with van der Waals surface area (Å²) in [7, 11) is 0. The van der Waals surface area contributed by atoms with Crippen molar-refractivity contribution in [3.63, 3.8) is 0 Å². The Morgan fingerprint density at radius 1 is 1.14 bits per heavy atom. The summed E-state index contributed by atoms with van der Waals surface area (Å²) in [5, 5.41) is 0. The Bertz CT molecular complexity index is 538. The maximum absolute atomic E-state index is 14.5. The van der Waals surface area contributed by atoms with E-state index in [1.165, 1.54) is 19.3 Å². The van der Waals surface area contributed by atoms with Crippen molar-refractivity contribution in [3.8, 4) is 0 Å². The second kappa shape index (κ2) is 4.68. The molecule has 0 aromatic rings. The lowest BCUT2D eigenvalue weighted by Crippen LogP contribution is -2.50. The first-order valence-corrected chi connectivity index (χ1v) is 9.22. The number of ketones is 1. The van der Waals surface area contributed by atoms with Crippen LogP contribution in [0.4, 0.5) is 4.39 Å². The van der Waals surface area contributed by atoms with Crippen molar-refractivity contribution in [1.29, 1.82) is 0 Å². The molecular formula is C20H29FO. The molecule has 0 heterocycles. The molecular weight excluding hydrogens is 275 g/mol. The Balaban J connectivity index is 1.70. The average molecular weight is 304 g/mol. The molecule has 0 spiro atoms. The molecule has 3 saturated carbocycles. The van der Waals surface area contributed by atoms with Crippen LogP contribution in [-0.4, -0.2) is 12.0 Å². The van der Waals surface area contributed by atoms with E-state index in [-0.39, 0.29) is 17.1 Å². The summed E-state index contributed by atoms with van der Waals surface area (Å²) >= 11 is 0. The van der Waals surface area contributed by atoms with Crippen LogP contribution < -0.4 is 0 Å². The van der Waals surface area contributed by atoms with E-state index >= 15 is 0 Å². The van der Waals surface area contributed by atoms with E-state index in [4.69, 9.17) is 0 Å². The zero-order valence-electron chi connectivity index (χ0n) is 14.2. The lowest BCUT2D eigenvalue weighted by Gasteiger charge is -2.57. The second-order valence-electron chi connectivity index (χ2n) is 9.18. The van der Waals surface area contributed by atoms with Crippen LogP contribution in [0.2, 0.25) is 0 Å². The van der Waals surface area contributed by atoms with Gasteiger partial charge in [-0.05, 0) is 67.6 Å². The highest BCUT2D eigenvalue weighted by Crippen LogP contribution is 2.64. The molecule has 122 valence electrons. The summed E-state index contributed by atoms with van der Waals surface area (Å²) in [4.78, 5) is 12.0. The number of rotatable bonds is 0. The van der Waals surface area contributed by atoms with Gasteiger partial charge in [0.1, 0.15) is 0 Å². The predicted octanol–water partition coefficient (Wildman–Crippen LogP) is 5.10. The second-order valence-corrected chi connectivity index (χ2v) is 9.18. The fourth-order valence-electron chi connectivity index (χ4n) is 6.58. The zero-order valence-corrected chi connectivity index (χ0v) is 14.2. The third-order valence-electron chi connectivity index (χ3n) is 8.07. The van der Waals surface area contributed by atoms with E-state index in [9.17, 15) is 9.18 Å². The van der Waals surface area contributed by atoms with Crippen molar-refractivity contribution in [3.05, 3.63) is 11.6 Å². The fraction of sp³-hybridized carbons (Fsp3) is 0.850. The van der Waals surface area contributed by atoms with Gasteiger partial charge < -0.3 is 0 Å². The lowest BCUT2D eigenvalue weighted by atomic mass is 9.47. The number of alkyl halides is 1. The Labute approximate surface area is 133 Å². The number of allylic oxidation sites excluding steroid dienone is 2. The van der Waals surface area contributed by atoms with E-state index in [0.717, 1.165) is 25.2 Å². The van der Waals surface area contributed by atoms with Gasteiger partial charge in [-0.25, -0.2) is 4.39 Å². The molecule has 0 saturated heterocycles. The van der Waals surface area contributed by atoms with Crippen LogP contribution in [0.3, 0.4) is 0 Å². The highest BCUT2D eigenvalue weighted by molar-refractivity contribution is 5.87. The maximum atomic E-state index is 14.5. The van der Waals surface area contributed by atoms with Crippen molar-refractivity contribution in [2.45, 2.75) is 71.9 Å². The molecule has 4 rings (SSSR count). The van der Waals surface area contributed by atoms with Crippen molar-refractivity contribution in [2.75, 3.05) is 0 Å². The van der Waals surface area contributed by atoms with Crippen LogP contribution in [0.5, 0.6) is 0 Å². The van der Waals surface area contributed by atoms with Gasteiger partial charge in [0.25, 0.3) is 0 Å². The summed E-state index contributed by atoms with van der Waals surface area (Å²) in [5.74, 6) is 2.18. The Morgan fingerprint density at radius 3 is 2.68 bits per heavy atom. The number of hydrogen-bond donors (Lipinski definition) is 0. The molecule has 22 heavy (non-hydrogen) atoms. The summed E-state index contributed by atoms with van der Waals surface area (Å²) in [6.45, 7) is 6.88. The highest BCUT2D eigenvalue weighted by Gasteiger charge is 2.61. The Kier molecular flexibility index (Phi) is 3.17. The lowest BCUT2D eigenvalue weighted by molar-refractivity contribution is -0.123. The number of fused-ring (bicyclic) bond motifs is 5. The smallest absolute Gasteiger partial charge is 0.167 e. The molecule has 4 aliphatic carbocycles. The first-order valence-electron chi connectivity index (χ1n) is 9.22. The molecule has 0 bridgehead atoms. The van der Waals surface area contributed by atoms with Crippen molar-refractivity contribution >= 4 is 5.78 Å². The van der Waals surface area contributed by atoms with Gasteiger partial charge in [-0.3, -0.25) is 4.79 Å². The largest absolute Gasteiger partial charge is 0.296 e. The van der Waals surface area contributed by atoms with Crippen molar-refractivity contribution in [2.24, 2.45) is 34.5 Å². The summed E-state index contributed by atoms with van der Waals surface area (Å²) in [6.07, 6.45) is 8.75. The van der Waals surface area contributed by atoms with Crippen LogP contribution in [0.25, 0.3) is 0 Å². The minimum atomic E-state index is -1.21. The van der Waals surface area contributed by atoms with Crippen molar-refractivity contribution < 1.29 is 9.18 Å². The molecule has 0 amide bonds.